The molecule has 0 fully saturated rings. The van der Waals surface area contributed by atoms with E-state index in [1.807, 2.05) is 13.0 Å². The van der Waals surface area contributed by atoms with Gasteiger partial charge in [-0.15, -0.1) is 0 Å². The fourth-order valence-electron chi connectivity index (χ4n) is 1.77. The molecular formula is C14H13F2N3O. The first-order valence-corrected chi connectivity index (χ1v) is 5.92. The number of anilines is 2. The molecule has 1 heterocycles. The molecule has 0 saturated heterocycles. The Bertz CT molecular complexity index is 639. The number of halogens is 2. The van der Waals surface area contributed by atoms with Gasteiger partial charge >= 0.3 is 6.03 Å². The predicted octanol–water partition coefficient (Wildman–Crippen LogP) is 3.62. The first kappa shape index (κ1) is 13.9. The molecule has 0 radical (unpaired) electrons. The molecule has 20 heavy (non-hydrogen) atoms. The lowest BCUT2D eigenvalue weighted by molar-refractivity contribution is 0.262. The number of carbonyl (C=O) groups is 1. The van der Waals surface area contributed by atoms with Gasteiger partial charge in [-0.25, -0.2) is 18.6 Å². The standard InChI is InChI=1S/C14H13F2N3O/c1-8-5-9(2)17-13(6-8)19-14(20)18-12-4-3-10(15)7-11(12)16/h3-7H,1-2H3,(H2,17,18,19,20). The maximum atomic E-state index is 13.4. The summed E-state index contributed by atoms with van der Waals surface area (Å²) in [4.78, 5) is 15.8. The van der Waals surface area contributed by atoms with Gasteiger partial charge in [-0.05, 0) is 43.7 Å². The van der Waals surface area contributed by atoms with E-state index in [2.05, 4.69) is 15.6 Å². The lowest BCUT2D eigenvalue weighted by Gasteiger charge is -2.09. The Morgan fingerprint density at radius 1 is 1.10 bits per heavy atom. The van der Waals surface area contributed by atoms with Crippen LogP contribution in [-0.2, 0) is 0 Å². The molecule has 0 bridgehead atoms. The van der Waals surface area contributed by atoms with Crippen LogP contribution in [0.2, 0.25) is 0 Å². The lowest BCUT2D eigenvalue weighted by Crippen LogP contribution is -2.21. The molecule has 104 valence electrons. The van der Waals surface area contributed by atoms with Gasteiger partial charge in [0.25, 0.3) is 0 Å². The van der Waals surface area contributed by atoms with Crippen LogP contribution in [0.25, 0.3) is 0 Å². The van der Waals surface area contributed by atoms with Gasteiger partial charge < -0.3 is 5.32 Å². The molecule has 2 amide bonds. The van der Waals surface area contributed by atoms with E-state index < -0.39 is 17.7 Å². The fourth-order valence-corrected chi connectivity index (χ4v) is 1.77. The molecule has 0 aliphatic heterocycles. The summed E-state index contributed by atoms with van der Waals surface area (Å²) in [5.41, 5.74) is 1.60. The highest BCUT2D eigenvalue weighted by Gasteiger charge is 2.09. The van der Waals surface area contributed by atoms with E-state index in [9.17, 15) is 13.6 Å². The summed E-state index contributed by atoms with van der Waals surface area (Å²) in [5.74, 6) is -1.18. The second-order valence-electron chi connectivity index (χ2n) is 4.37. The van der Waals surface area contributed by atoms with Crippen LogP contribution in [0.1, 0.15) is 11.3 Å². The third-order valence-electron chi connectivity index (χ3n) is 2.52. The number of pyridine rings is 1. The second kappa shape index (κ2) is 5.64. The van der Waals surface area contributed by atoms with Crippen molar-refractivity contribution in [2.75, 3.05) is 10.6 Å². The largest absolute Gasteiger partial charge is 0.324 e. The summed E-state index contributed by atoms with van der Waals surface area (Å²) in [6.45, 7) is 3.67. The predicted molar refractivity (Wildman–Crippen MR) is 72.7 cm³/mol. The molecule has 1 aromatic carbocycles. The van der Waals surface area contributed by atoms with Crippen molar-refractivity contribution >= 4 is 17.5 Å². The van der Waals surface area contributed by atoms with Gasteiger partial charge in [0.1, 0.15) is 17.5 Å². The normalized spacial score (nSPS) is 10.2. The molecule has 1 aromatic heterocycles. The molecule has 0 spiro atoms. The maximum Gasteiger partial charge on any atom is 0.324 e. The van der Waals surface area contributed by atoms with Crippen molar-refractivity contribution in [3.8, 4) is 0 Å². The third-order valence-corrected chi connectivity index (χ3v) is 2.52. The van der Waals surface area contributed by atoms with E-state index >= 15 is 0 Å². The number of nitrogens with zero attached hydrogens (tertiary/aromatic N) is 1. The summed E-state index contributed by atoms with van der Waals surface area (Å²) < 4.78 is 26.1. The highest BCUT2D eigenvalue weighted by Crippen LogP contribution is 2.15. The average molecular weight is 277 g/mol. The quantitative estimate of drug-likeness (QED) is 0.880. The number of hydrogen-bond donors (Lipinski definition) is 2. The average Bonchev–Trinajstić information content (AvgIpc) is 2.31. The van der Waals surface area contributed by atoms with Crippen LogP contribution in [-0.4, -0.2) is 11.0 Å². The van der Waals surface area contributed by atoms with Crippen LogP contribution < -0.4 is 10.6 Å². The minimum Gasteiger partial charge on any atom is -0.305 e. The van der Waals surface area contributed by atoms with Crippen LogP contribution in [0.5, 0.6) is 0 Å². The van der Waals surface area contributed by atoms with Crippen LogP contribution >= 0.6 is 0 Å². The Hall–Kier alpha value is -2.50. The zero-order valence-corrected chi connectivity index (χ0v) is 11.0. The van der Waals surface area contributed by atoms with Crippen molar-refractivity contribution in [3.05, 3.63) is 53.2 Å². The second-order valence-corrected chi connectivity index (χ2v) is 4.37. The highest BCUT2D eigenvalue weighted by atomic mass is 19.1. The zero-order chi connectivity index (χ0) is 14.7. The zero-order valence-electron chi connectivity index (χ0n) is 11.0. The number of nitrogens with one attached hydrogen (secondary N) is 2. The molecule has 2 N–H and O–H groups in total. The van der Waals surface area contributed by atoms with Gasteiger partial charge in [0.05, 0.1) is 5.69 Å². The van der Waals surface area contributed by atoms with Gasteiger partial charge in [0.2, 0.25) is 0 Å². The Kier molecular flexibility index (Phi) is 3.93. The van der Waals surface area contributed by atoms with Crippen molar-refractivity contribution in [2.24, 2.45) is 0 Å². The Morgan fingerprint density at radius 3 is 2.50 bits per heavy atom. The van der Waals surface area contributed by atoms with Gasteiger partial charge in [-0.3, -0.25) is 5.32 Å². The number of hydrogen-bond acceptors (Lipinski definition) is 2. The number of amides is 2. The van der Waals surface area contributed by atoms with Gasteiger partial charge in [-0.1, -0.05) is 0 Å². The molecule has 6 heteroatoms. The Balaban J connectivity index is 2.09. The molecule has 4 nitrogen and oxygen atoms in total. The van der Waals surface area contributed by atoms with Gasteiger partial charge in [-0.2, -0.15) is 0 Å². The first-order chi connectivity index (χ1) is 9.44. The molecule has 0 aliphatic rings. The lowest BCUT2D eigenvalue weighted by atomic mass is 10.2. The van der Waals surface area contributed by atoms with Crippen LogP contribution in [0.3, 0.4) is 0 Å². The van der Waals surface area contributed by atoms with Crippen molar-refractivity contribution in [1.82, 2.24) is 4.98 Å². The third kappa shape index (κ3) is 3.50. The molecule has 2 rings (SSSR count). The fraction of sp³-hybridized carbons (Fsp3) is 0.143. The molecule has 0 aliphatic carbocycles. The van der Waals surface area contributed by atoms with E-state index in [1.54, 1.807) is 13.0 Å². The summed E-state index contributed by atoms with van der Waals surface area (Å²) >= 11 is 0. The van der Waals surface area contributed by atoms with E-state index in [-0.39, 0.29) is 5.69 Å². The Morgan fingerprint density at radius 2 is 1.85 bits per heavy atom. The van der Waals surface area contributed by atoms with Crippen LogP contribution in [0.15, 0.2) is 30.3 Å². The summed E-state index contributed by atoms with van der Waals surface area (Å²) in [6, 6.07) is 5.82. The van der Waals surface area contributed by atoms with Crippen molar-refractivity contribution in [2.45, 2.75) is 13.8 Å². The summed E-state index contributed by atoms with van der Waals surface area (Å²) in [7, 11) is 0. The van der Waals surface area contributed by atoms with E-state index in [0.717, 1.165) is 23.4 Å². The van der Waals surface area contributed by atoms with E-state index in [4.69, 9.17) is 0 Å². The minimum atomic E-state index is -0.839. The number of carbonyl (C=O) groups excluding carboxylic acids is 1. The smallest absolute Gasteiger partial charge is 0.305 e. The number of rotatable bonds is 2. The van der Waals surface area contributed by atoms with Crippen molar-refractivity contribution in [1.29, 1.82) is 0 Å². The molecule has 2 aromatic rings. The highest BCUT2D eigenvalue weighted by molar-refractivity contribution is 5.99. The topological polar surface area (TPSA) is 54.0 Å². The number of benzene rings is 1. The van der Waals surface area contributed by atoms with Crippen molar-refractivity contribution in [3.63, 3.8) is 0 Å². The van der Waals surface area contributed by atoms with Gasteiger partial charge in [0, 0.05) is 11.8 Å². The van der Waals surface area contributed by atoms with Crippen LogP contribution in [0.4, 0.5) is 25.1 Å². The summed E-state index contributed by atoms with van der Waals surface area (Å²) in [6.07, 6.45) is 0. The van der Waals surface area contributed by atoms with Crippen molar-refractivity contribution < 1.29 is 13.6 Å². The molecule has 0 atom stereocenters. The van der Waals surface area contributed by atoms with Crippen LogP contribution in [0, 0.1) is 25.5 Å². The SMILES string of the molecule is Cc1cc(C)nc(NC(=O)Nc2ccc(F)cc2F)c1. The van der Waals surface area contributed by atoms with E-state index in [0.29, 0.717) is 11.9 Å². The van der Waals surface area contributed by atoms with E-state index in [1.165, 1.54) is 0 Å². The van der Waals surface area contributed by atoms with Gasteiger partial charge in [0.15, 0.2) is 0 Å². The number of aryl methyl sites for hydroxylation is 2. The number of aromatic nitrogens is 1. The first-order valence-electron chi connectivity index (χ1n) is 5.92. The monoisotopic (exact) mass is 277 g/mol. The Labute approximate surface area is 114 Å². The molecular weight excluding hydrogens is 264 g/mol. The number of urea groups is 1. The molecule has 0 saturated carbocycles. The summed E-state index contributed by atoms with van der Waals surface area (Å²) in [5, 5.41) is 4.79. The molecule has 0 unspecified atom stereocenters. The minimum absolute atomic E-state index is 0.103. The maximum absolute atomic E-state index is 13.4.